The number of carbonyl (C=O) groups is 3. The van der Waals surface area contributed by atoms with Crippen LogP contribution >= 0.6 is 0 Å². The molecular formula is C21H26O3. The van der Waals surface area contributed by atoms with Crippen LogP contribution in [0, 0.1) is 10.8 Å². The van der Waals surface area contributed by atoms with Crippen LogP contribution in [0.1, 0.15) is 63.5 Å². The molecule has 2 atom stereocenters. The van der Waals surface area contributed by atoms with Crippen LogP contribution in [0.2, 0.25) is 0 Å². The lowest BCUT2D eigenvalue weighted by Gasteiger charge is -2.37. The van der Waals surface area contributed by atoms with Crippen molar-refractivity contribution in [1.82, 2.24) is 0 Å². The molecule has 0 spiro atoms. The predicted molar refractivity (Wildman–Crippen MR) is 92.8 cm³/mol. The zero-order valence-electron chi connectivity index (χ0n) is 14.7. The van der Waals surface area contributed by atoms with Crippen LogP contribution in [0.15, 0.2) is 24.3 Å². The van der Waals surface area contributed by atoms with Crippen molar-refractivity contribution in [1.29, 1.82) is 0 Å². The second-order valence-electron chi connectivity index (χ2n) is 7.93. The van der Waals surface area contributed by atoms with Crippen molar-refractivity contribution in [2.24, 2.45) is 10.8 Å². The highest BCUT2D eigenvalue weighted by atomic mass is 16.2. The van der Waals surface area contributed by atoms with Gasteiger partial charge in [0.2, 0.25) is 0 Å². The highest BCUT2D eigenvalue weighted by Gasteiger charge is 2.44. The average molecular weight is 326 g/mol. The van der Waals surface area contributed by atoms with Crippen LogP contribution in [0.25, 0.3) is 0 Å². The minimum absolute atomic E-state index is 0.00117. The Morgan fingerprint density at radius 3 is 2.25 bits per heavy atom. The molecule has 0 aliphatic heterocycles. The second-order valence-corrected chi connectivity index (χ2v) is 7.93. The molecule has 0 heterocycles. The summed E-state index contributed by atoms with van der Waals surface area (Å²) in [5.41, 5.74) is 1.11. The van der Waals surface area contributed by atoms with Gasteiger partial charge in [-0.25, -0.2) is 0 Å². The molecular weight excluding hydrogens is 300 g/mol. The van der Waals surface area contributed by atoms with E-state index in [-0.39, 0.29) is 17.0 Å². The van der Waals surface area contributed by atoms with Gasteiger partial charge in [0, 0.05) is 18.3 Å². The van der Waals surface area contributed by atoms with Gasteiger partial charge in [-0.1, -0.05) is 37.6 Å². The van der Waals surface area contributed by atoms with Crippen LogP contribution in [0.3, 0.4) is 0 Å². The SMILES string of the molecule is CC(=O)C1(Cc2cccc(CC3(C)CCC3=O)c2)CCCCC1=O. The summed E-state index contributed by atoms with van der Waals surface area (Å²) in [5, 5.41) is 0. The van der Waals surface area contributed by atoms with E-state index < -0.39 is 5.41 Å². The molecule has 0 radical (unpaired) electrons. The summed E-state index contributed by atoms with van der Waals surface area (Å²) in [4.78, 5) is 36.6. The summed E-state index contributed by atoms with van der Waals surface area (Å²) < 4.78 is 0. The molecule has 128 valence electrons. The molecule has 24 heavy (non-hydrogen) atoms. The van der Waals surface area contributed by atoms with Gasteiger partial charge in [0.15, 0.2) is 0 Å². The van der Waals surface area contributed by atoms with E-state index in [0.717, 1.165) is 36.8 Å². The maximum absolute atomic E-state index is 12.5. The number of carbonyl (C=O) groups excluding carboxylic acids is 3. The molecule has 1 aromatic rings. The first-order valence-corrected chi connectivity index (χ1v) is 9.01. The van der Waals surface area contributed by atoms with Gasteiger partial charge >= 0.3 is 0 Å². The Morgan fingerprint density at radius 2 is 1.71 bits per heavy atom. The van der Waals surface area contributed by atoms with Crippen molar-refractivity contribution in [3.63, 3.8) is 0 Å². The zero-order valence-corrected chi connectivity index (χ0v) is 14.7. The number of hydrogen-bond donors (Lipinski definition) is 0. The van der Waals surface area contributed by atoms with Crippen molar-refractivity contribution in [2.75, 3.05) is 0 Å². The lowest BCUT2D eigenvalue weighted by Crippen LogP contribution is -2.42. The summed E-state index contributed by atoms with van der Waals surface area (Å²) in [6, 6.07) is 8.12. The van der Waals surface area contributed by atoms with Crippen LogP contribution in [0.5, 0.6) is 0 Å². The first-order chi connectivity index (χ1) is 11.4. The number of benzene rings is 1. The van der Waals surface area contributed by atoms with Crippen molar-refractivity contribution < 1.29 is 14.4 Å². The molecule has 2 aliphatic carbocycles. The maximum Gasteiger partial charge on any atom is 0.146 e. The maximum atomic E-state index is 12.5. The van der Waals surface area contributed by atoms with E-state index in [2.05, 4.69) is 6.07 Å². The van der Waals surface area contributed by atoms with Crippen LogP contribution in [-0.2, 0) is 27.2 Å². The molecule has 2 aliphatic rings. The number of ketones is 3. The quantitative estimate of drug-likeness (QED) is 0.772. The summed E-state index contributed by atoms with van der Waals surface area (Å²) in [6.45, 7) is 3.59. The third-order valence-electron chi connectivity index (χ3n) is 6.13. The molecule has 0 saturated heterocycles. The standard InChI is InChI=1S/C21H26O3/c1-15(22)21(10-4-3-8-19(21)24)14-17-7-5-6-16(12-17)13-20(2)11-9-18(20)23/h5-7,12H,3-4,8-11,13-14H2,1-2H3. The molecule has 3 nitrogen and oxygen atoms in total. The van der Waals surface area contributed by atoms with E-state index in [1.165, 1.54) is 0 Å². The van der Waals surface area contributed by atoms with Gasteiger partial charge < -0.3 is 0 Å². The fourth-order valence-corrected chi connectivity index (χ4v) is 4.26. The van der Waals surface area contributed by atoms with Gasteiger partial charge in [0.1, 0.15) is 17.3 Å². The highest BCUT2D eigenvalue weighted by molar-refractivity contribution is 6.06. The molecule has 0 amide bonds. The summed E-state index contributed by atoms with van der Waals surface area (Å²) in [7, 11) is 0. The molecule has 3 rings (SSSR count). The third kappa shape index (κ3) is 2.97. The minimum Gasteiger partial charge on any atom is -0.299 e. The van der Waals surface area contributed by atoms with E-state index in [4.69, 9.17) is 0 Å². The van der Waals surface area contributed by atoms with Crippen molar-refractivity contribution in [2.45, 2.75) is 65.2 Å². The van der Waals surface area contributed by atoms with Crippen LogP contribution in [-0.4, -0.2) is 17.3 Å². The van der Waals surface area contributed by atoms with Crippen molar-refractivity contribution >= 4 is 17.3 Å². The molecule has 2 fully saturated rings. The van der Waals surface area contributed by atoms with Crippen LogP contribution in [0.4, 0.5) is 0 Å². The Kier molecular flexibility index (Phi) is 4.46. The van der Waals surface area contributed by atoms with Crippen molar-refractivity contribution in [3.05, 3.63) is 35.4 Å². The number of rotatable bonds is 5. The fourth-order valence-electron chi connectivity index (χ4n) is 4.26. The second kappa shape index (κ2) is 6.27. The van der Waals surface area contributed by atoms with E-state index in [0.29, 0.717) is 31.5 Å². The predicted octanol–water partition coefficient (Wildman–Crippen LogP) is 3.86. The van der Waals surface area contributed by atoms with E-state index >= 15 is 0 Å². The van der Waals surface area contributed by atoms with E-state index in [1.807, 2.05) is 25.1 Å². The topological polar surface area (TPSA) is 51.2 Å². The first-order valence-electron chi connectivity index (χ1n) is 9.01. The summed E-state index contributed by atoms with van der Waals surface area (Å²) in [5.74, 6) is 0.446. The third-order valence-corrected chi connectivity index (χ3v) is 6.13. The average Bonchev–Trinajstić information content (AvgIpc) is 2.55. The van der Waals surface area contributed by atoms with Crippen LogP contribution < -0.4 is 0 Å². The van der Waals surface area contributed by atoms with Gasteiger partial charge in [0.05, 0.1) is 5.41 Å². The molecule has 0 bridgehead atoms. The Bertz CT molecular complexity index is 690. The largest absolute Gasteiger partial charge is 0.299 e. The van der Waals surface area contributed by atoms with Gasteiger partial charge in [-0.2, -0.15) is 0 Å². The van der Waals surface area contributed by atoms with Crippen molar-refractivity contribution in [3.8, 4) is 0 Å². The molecule has 0 aromatic heterocycles. The number of hydrogen-bond acceptors (Lipinski definition) is 3. The van der Waals surface area contributed by atoms with E-state index in [1.54, 1.807) is 6.92 Å². The number of Topliss-reactive ketones (excluding diaryl/α,β-unsaturated/α-hetero) is 3. The molecule has 2 saturated carbocycles. The van der Waals surface area contributed by atoms with Gasteiger partial charge in [-0.15, -0.1) is 0 Å². The normalized spacial score (nSPS) is 30.1. The molecule has 1 aromatic carbocycles. The lowest BCUT2D eigenvalue weighted by molar-refractivity contribution is -0.142. The zero-order chi connectivity index (χ0) is 17.4. The molecule has 3 heteroatoms. The Morgan fingerprint density at radius 1 is 1.00 bits per heavy atom. The van der Waals surface area contributed by atoms with Gasteiger partial charge in [-0.05, 0) is 50.2 Å². The Hall–Kier alpha value is -1.77. The highest BCUT2D eigenvalue weighted by Crippen LogP contribution is 2.41. The lowest BCUT2D eigenvalue weighted by atomic mass is 9.65. The fraction of sp³-hybridized carbons (Fsp3) is 0.571. The Balaban J connectivity index is 1.82. The van der Waals surface area contributed by atoms with E-state index in [9.17, 15) is 14.4 Å². The molecule has 0 N–H and O–H groups in total. The van der Waals surface area contributed by atoms with Gasteiger partial charge in [0.25, 0.3) is 0 Å². The van der Waals surface area contributed by atoms with Gasteiger partial charge in [-0.3, -0.25) is 14.4 Å². The minimum atomic E-state index is -0.826. The molecule has 2 unspecified atom stereocenters. The first kappa shape index (κ1) is 17.1. The smallest absolute Gasteiger partial charge is 0.146 e. The Labute approximate surface area is 143 Å². The monoisotopic (exact) mass is 326 g/mol. The summed E-state index contributed by atoms with van der Waals surface area (Å²) >= 11 is 0. The summed E-state index contributed by atoms with van der Waals surface area (Å²) in [6.07, 6.45) is 5.92.